The van der Waals surface area contributed by atoms with Crippen LogP contribution < -0.4 is 5.69 Å². The highest BCUT2D eigenvalue weighted by molar-refractivity contribution is 5.49. The Morgan fingerprint density at radius 2 is 2.07 bits per heavy atom. The zero-order valence-electron chi connectivity index (χ0n) is 8.08. The van der Waals surface area contributed by atoms with Crippen LogP contribution in [0.3, 0.4) is 0 Å². The number of carbonyl (C=O) groups excluding carboxylic acids is 1. The van der Waals surface area contributed by atoms with E-state index in [1.54, 1.807) is 4.57 Å². The summed E-state index contributed by atoms with van der Waals surface area (Å²) in [4.78, 5) is 24.7. The van der Waals surface area contributed by atoms with Gasteiger partial charge >= 0.3 is 5.69 Å². The Balaban J connectivity index is 2.43. The van der Waals surface area contributed by atoms with Crippen LogP contribution in [-0.2, 0) is 24.2 Å². The van der Waals surface area contributed by atoms with Gasteiger partial charge < -0.3 is 9.78 Å². The topological polar surface area (TPSA) is 54.9 Å². The summed E-state index contributed by atoms with van der Waals surface area (Å²) in [6.45, 7) is 0.185. The molecule has 0 unspecified atom stereocenters. The number of carbonyl (C=O) groups is 1. The maximum Gasteiger partial charge on any atom is 0.326 e. The molecular weight excluding hydrogens is 180 g/mol. The molecule has 14 heavy (non-hydrogen) atoms. The number of fused-ring (bicyclic) bond motifs is 1. The van der Waals surface area contributed by atoms with Crippen LogP contribution in [0.4, 0.5) is 0 Å². The third kappa shape index (κ3) is 1.52. The zero-order valence-corrected chi connectivity index (χ0v) is 8.08. The minimum Gasteiger partial charge on any atom is -0.310 e. The summed E-state index contributed by atoms with van der Waals surface area (Å²) in [6.07, 6.45) is 6.09. The van der Waals surface area contributed by atoms with Crippen LogP contribution in [0.2, 0.25) is 0 Å². The summed E-state index contributed by atoms with van der Waals surface area (Å²) >= 11 is 0. The number of aromatic amines is 1. The van der Waals surface area contributed by atoms with Crippen molar-refractivity contribution < 1.29 is 4.79 Å². The lowest BCUT2D eigenvalue weighted by Crippen LogP contribution is -2.19. The minimum absolute atomic E-state index is 0.135. The number of H-pyrrole nitrogens is 1. The summed E-state index contributed by atoms with van der Waals surface area (Å²) in [7, 11) is 0. The van der Waals surface area contributed by atoms with Crippen molar-refractivity contribution in [3.63, 3.8) is 0 Å². The summed E-state index contributed by atoms with van der Waals surface area (Å²) in [5.41, 5.74) is 1.94. The Morgan fingerprint density at radius 3 is 2.86 bits per heavy atom. The molecule has 2 rings (SSSR count). The van der Waals surface area contributed by atoms with E-state index in [1.807, 2.05) is 0 Å². The summed E-state index contributed by atoms with van der Waals surface area (Å²) < 4.78 is 1.56. The van der Waals surface area contributed by atoms with Gasteiger partial charge in [0, 0.05) is 11.4 Å². The van der Waals surface area contributed by atoms with E-state index in [9.17, 15) is 9.59 Å². The fourth-order valence-corrected chi connectivity index (χ4v) is 2.09. The van der Waals surface area contributed by atoms with Gasteiger partial charge in [0.1, 0.15) is 6.29 Å². The van der Waals surface area contributed by atoms with Crippen molar-refractivity contribution in [2.75, 3.05) is 0 Å². The van der Waals surface area contributed by atoms with E-state index in [-0.39, 0.29) is 12.2 Å². The van der Waals surface area contributed by atoms with Crippen LogP contribution in [-0.4, -0.2) is 15.8 Å². The standard InChI is InChI=1S/C10H14N2O2/c13-7-6-12-9-5-3-1-2-4-8(9)11-10(12)14/h7H,1-6H2,(H,11,14). The van der Waals surface area contributed by atoms with Crippen LogP contribution in [0, 0.1) is 0 Å². The second-order valence-corrected chi connectivity index (χ2v) is 3.69. The predicted molar refractivity (Wildman–Crippen MR) is 52.4 cm³/mol. The maximum absolute atomic E-state index is 11.5. The second-order valence-electron chi connectivity index (χ2n) is 3.69. The minimum atomic E-state index is -0.135. The van der Waals surface area contributed by atoms with Gasteiger partial charge in [0.2, 0.25) is 0 Å². The molecule has 0 fully saturated rings. The van der Waals surface area contributed by atoms with Gasteiger partial charge in [-0.25, -0.2) is 4.79 Å². The fourth-order valence-electron chi connectivity index (χ4n) is 2.09. The fraction of sp³-hybridized carbons (Fsp3) is 0.600. The molecule has 0 atom stereocenters. The Morgan fingerprint density at radius 1 is 1.29 bits per heavy atom. The van der Waals surface area contributed by atoms with Crippen LogP contribution in [0.15, 0.2) is 4.79 Å². The SMILES string of the molecule is O=CCn1c2c([nH]c1=O)CCCCC2. The van der Waals surface area contributed by atoms with Crippen molar-refractivity contribution in [3.05, 3.63) is 21.9 Å². The Bertz CT molecular complexity index is 389. The molecule has 1 aromatic heterocycles. The van der Waals surface area contributed by atoms with Crippen molar-refractivity contribution in [2.24, 2.45) is 0 Å². The highest BCUT2D eigenvalue weighted by atomic mass is 16.1. The third-order valence-electron chi connectivity index (χ3n) is 2.77. The van der Waals surface area contributed by atoms with Crippen LogP contribution in [0.1, 0.15) is 30.7 Å². The lowest BCUT2D eigenvalue weighted by Gasteiger charge is -2.02. The van der Waals surface area contributed by atoms with E-state index in [4.69, 9.17) is 0 Å². The average Bonchev–Trinajstić information content (AvgIpc) is 2.39. The van der Waals surface area contributed by atoms with Crippen molar-refractivity contribution in [3.8, 4) is 0 Å². The second kappa shape index (κ2) is 3.82. The smallest absolute Gasteiger partial charge is 0.310 e. The highest BCUT2D eigenvalue weighted by Gasteiger charge is 2.15. The molecule has 0 radical (unpaired) electrons. The molecule has 4 heteroatoms. The van der Waals surface area contributed by atoms with Gasteiger partial charge in [0.25, 0.3) is 0 Å². The molecule has 0 saturated carbocycles. The van der Waals surface area contributed by atoms with E-state index in [1.165, 1.54) is 6.42 Å². The van der Waals surface area contributed by atoms with Crippen molar-refractivity contribution in [1.82, 2.24) is 9.55 Å². The first-order chi connectivity index (χ1) is 6.83. The van der Waals surface area contributed by atoms with Crippen LogP contribution in [0.25, 0.3) is 0 Å². The number of hydrogen-bond acceptors (Lipinski definition) is 2. The molecule has 1 aliphatic carbocycles. The Hall–Kier alpha value is -1.32. The lowest BCUT2D eigenvalue weighted by molar-refractivity contribution is -0.108. The quantitative estimate of drug-likeness (QED) is 0.555. The maximum atomic E-state index is 11.5. The summed E-state index contributed by atoms with van der Waals surface area (Å²) in [5, 5.41) is 0. The third-order valence-corrected chi connectivity index (χ3v) is 2.77. The number of imidazole rings is 1. The van der Waals surface area contributed by atoms with Gasteiger partial charge in [0.05, 0.1) is 6.54 Å². The normalized spacial score (nSPS) is 16.0. The monoisotopic (exact) mass is 194 g/mol. The first-order valence-corrected chi connectivity index (χ1v) is 5.07. The van der Waals surface area contributed by atoms with Crippen LogP contribution >= 0.6 is 0 Å². The summed E-state index contributed by atoms with van der Waals surface area (Å²) in [6, 6.07) is 0. The average molecular weight is 194 g/mol. The zero-order chi connectivity index (χ0) is 9.97. The van der Waals surface area contributed by atoms with E-state index < -0.39 is 0 Å². The van der Waals surface area contributed by atoms with Crippen molar-refractivity contribution >= 4 is 6.29 Å². The lowest BCUT2D eigenvalue weighted by atomic mass is 10.2. The highest BCUT2D eigenvalue weighted by Crippen LogP contribution is 2.17. The molecule has 0 aromatic carbocycles. The molecule has 1 aromatic rings. The van der Waals surface area contributed by atoms with Gasteiger partial charge in [-0.3, -0.25) is 4.57 Å². The molecule has 0 amide bonds. The Kier molecular flexibility index (Phi) is 2.52. The number of nitrogens with one attached hydrogen (secondary N) is 1. The van der Waals surface area contributed by atoms with E-state index in [0.717, 1.165) is 43.4 Å². The van der Waals surface area contributed by atoms with Crippen molar-refractivity contribution in [2.45, 2.75) is 38.6 Å². The molecule has 1 heterocycles. The first-order valence-electron chi connectivity index (χ1n) is 5.07. The van der Waals surface area contributed by atoms with E-state index >= 15 is 0 Å². The van der Waals surface area contributed by atoms with Gasteiger partial charge in [-0.2, -0.15) is 0 Å². The molecular formula is C10H14N2O2. The van der Waals surface area contributed by atoms with Gasteiger partial charge in [-0.1, -0.05) is 6.42 Å². The Labute approximate surface area is 81.9 Å². The molecule has 0 bridgehead atoms. The molecule has 0 aliphatic heterocycles. The number of aldehydes is 1. The predicted octanol–water partition coefficient (Wildman–Crippen LogP) is 0.644. The number of aromatic nitrogens is 2. The largest absolute Gasteiger partial charge is 0.326 e. The first kappa shape index (κ1) is 9.24. The van der Waals surface area contributed by atoms with Crippen LogP contribution in [0.5, 0.6) is 0 Å². The van der Waals surface area contributed by atoms with Gasteiger partial charge in [0.15, 0.2) is 0 Å². The molecule has 0 saturated heterocycles. The number of rotatable bonds is 2. The molecule has 0 spiro atoms. The molecule has 1 N–H and O–H groups in total. The number of aryl methyl sites for hydroxylation is 1. The number of hydrogen-bond donors (Lipinski definition) is 1. The van der Waals surface area contributed by atoms with E-state index in [2.05, 4.69) is 4.98 Å². The van der Waals surface area contributed by atoms with Gasteiger partial charge in [-0.15, -0.1) is 0 Å². The molecule has 4 nitrogen and oxygen atoms in total. The summed E-state index contributed by atoms with van der Waals surface area (Å²) in [5.74, 6) is 0. The molecule has 1 aliphatic rings. The van der Waals surface area contributed by atoms with E-state index in [0.29, 0.717) is 0 Å². The number of nitrogens with zero attached hydrogens (tertiary/aromatic N) is 1. The molecule has 76 valence electrons. The van der Waals surface area contributed by atoms with Crippen molar-refractivity contribution in [1.29, 1.82) is 0 Å². The van der Waals surface area contributed by atoms with Gasteiger partial charge in [-0.05, 0) is 25.7 Å².